The zero-order valence-electron chi connectivity index (χ0n) is 30.7. The monoisotopic (exact) mass is 699 g/mol. The van der Waals surface area contributed by atoms with Crippen LogP contribution in [-0.2, 0) is 19.2 Å². The summed E-state index contributed by atoms with van der Waals surface area (Å²) in [4.78, 5) is 62.4. The molecule has 2 heterocycles. The van der Waals surface area contributed by atoms with E-state index in [0.717, 1.165) is 38.4 Å². The van der Waals surface area contributed by atoms with Gasteiger partial charge in [0, 0.05) is 18.8 Å². The van der Waals surface area contributed by atoms with Crippen molar-refractivity contribution in [3.8, 4) is 0 Å². The number of Topliss-reactive ketones (excluding diaryl/α,β-unsaturated/α-hetero) is 1. The lowest BCUT2D eigenvalue weighted by Crippen LogP contribution is -2.64. The van der Waals surface area contributed by atoms with E-state index in [1.807, 2.05) is 48.5 Å². The molecule has 0 radical (unpaired) electrons. The molecular formula is C35H65N5O7S. The summed E-state index contributed by atoms with van der Waals surface area (Å²) in [5, 5.41) is 11.0. The summed E-state index contributed by atoms with van der Waals surface area (Å²) in [6.45, 7) is 18.0. The van der Waals surface area contributed by atoms with Gasteiger partial charge in [0.15, 0.2) is 0 Å². The third kappa shape index (κ3) is 12.4. The Morgan fingerprint density at radius 3 is 2.12 bits per heavy atom. The van der Waals surface area contributed by atoms with E-state index < -0.39 is 57.4 Å². The Hall–Kier alpha value is -2.48. The smallest absolute Gasteiger partial charge is 0.315 e. The van der Waals surface area contributed by atoms with Crippen LogP contribution in [0.25, 0.3) is 0 Å². The van der Waals surface area contributed by atoms with Gasteiger partial charge in [-0.1, -0.05) is 73.8 Å². The lowest BCUT2D eigenvalue weighted by molar-refractivity contribution is -0.139. The number of nitrogens with one attached hydrogen (secondary N) is 4. The molecule has 4 amide bonds. The highest BCUT2D eigenvalue weighted by Crippen LogP contribution is 2.58. The maximum absolute atomic E-state index is 13.3. The summed E-state index contributed by atoms with van der Waals surface area (Å²) in [6, 6.07) is -2.05. The number of hydrogen-bond acceptors (Lipinski definition) is 8. The second-order valence-corrected chi connectivity index (χ2v) is 16.8. The molecule has 3 rings (SSSR count). The van der Waals surface area contributed by atoms with Crippen molar-refractivity contribution < 1.29 is 33.1 Å². The fourth-order valence-corrected chi connectivity index (χ4v) is 9.25. The molecule has 3 fully saturated rings. The average molecular weight is 700 g/mol. The Kier molecular flexibility index (Phi) is 18.4. The number of likely N-dealkylation sites (tertiary alicyclic amines) is 1. The lowest BCUT2D eigenvalue weighted by atomic mass is 9.78. The van der Waals surface area contributed by atoms with Gasteiger partial charge in [0.05, 0.1) is 22.9 Å². The molecule has 2 aliphatic heterocycles. The minimum absolute atomic E-state index is 0.236. The quantitative estimate of drug-likeness (QED) is 0.0934. The van der Waals surface area contributed by atoms with E-state index in [4.69, 9.17) is 0 Å². The van der Waals surface area contributed by atoms with Crippen molar-refractivity contribution >= 4 is 40.5 Å². The summed E-state index contributed by atoms with van der Waals surface area (Å²) in [5.74, 6) is -0.421. The van der Waals surface area contributed by atoms with Crippen LogP contribution in [0, 0.1) is 11.3 Å². The number of carbonyl (C=O) groups is 5. The van der Waals surface area contributed by atoms with Crippen molar-refractivity contribution in [1.82, 2.24) is 26.2 Å². The van der Waals surface area contributed by atoms with Gasteiger partial charge < -0.3 is 31.0 Å². The van der Waals surface area contributed by atoms with Gasteiger partial charge in [-0.3, -0.25) is 23.5 Å². The molecule has 0 aromatic rings. The average Bonchev–Trinajstić information content (AvgIpc) is 3.67. The number of amides is 4. The van der Waals surface area contributed by atoms with Gasteiger partial charge in [0.2, 0.25) is 11.7 Å². The largest absolute Gasteiger partial charge is 0.346 e. The van der Waals surface area contributed by atoms with Gasteiger partial charge in [-0.25, -0.2) is 4.79 Å². The summed E-state index contributed by atoms with van der Waals surface area (Å²) < 4.78 is 21.3. The number of nitrogens with zero attached hydrogens (tertiary/aromatic N) is 1. The molecule has 6 N–H and O–H groups in total. The third-order valence-corrected chi connectivity index (χ3v) is 11.7. The summed E-state index contributed by atoms with van der Waals surface area (Å²) in [7, 11) is -1.06. The molecule has 1 aliphatic carbocycles. The Morgan fingerprint density at radius 2 is 1.65 bits per heavy atom. The number of ketones is 1. The third-order valence-electron chi connectivity index (χ3n) is 9.22. The van der Waals surface area contributed by atoms with Crippen molar-refractivity contribution in [1.29, 1.82) is 0 Å². The second kappa shape index (κ2) is 20.3. The van der Waals surface area contributed by atoms with Crippen LogP contribution in [0.4, 0.5) is 4.79 Å². The van der Waals surface area contributed by atoms with E-state index in [2.05, 4.69) is 27.8 Å². The van der Waals surface area contributed by atoms with E-state index in [1.165, 1.54) is 0 Å². The number of carbonyl (C=O) groups excluding carboxylic acids is 5. The minimum atomic E-state index is -2.74. The first-order valence-electron chi connectivity index (χ1n) is 17.7. The summed E-state index contributed by atoms with van der Waals surface area (Å²) in [6.07, 6.45) is 10.3. The van der Waals surface area contributed by atoms with Crippen LogP contribution < -0.4 is 21.3 Å². The van der Waals surface area contributed by atoms with E-state index in [-0.39, 0.29) is 11.2 Å². The van der Waals surface area contributed by atoms with Crippen LogP contribution in [0.1, 0.15) is 113 Å². The number of likely N-dealkylation sites (N-methyl/N-ethyl adjacent to an activating group) is 1. The minimum Gasteiger partial charge on any atom is -0.346 e. The first-order valence-corrected chi connectivity index (χ1v) is 19.5. The van der Waals surface area contributed by atoms with Crippen LogP contribution in [0.3, 0.4) is 0 Å². The maximum Gasteiger partial charge on any atom is 0.315 e. The highest BCUT2D eigenvalue weighted by Gasteiger charge is 2.50. The van der Waals surface area contributed by atoms with Crippen LogP contribution >= 0.6 is 10.6 Å². The maximum atomic E-state index is 13.3. The molecule has 0 aromatic carbocycles. The Morgan fingerprint density at radius 1 is 1.02 bits per heavy atom. The van der Waals surface area contributed by atoms with Crippen LogP contribution in [0.15, 0.2) is 12.7 Å². The molecule has 278 valence electrons. The molecular weight excluding hydrogens is 634 g/mol. The fraction of sp³-hybridized carbons (Fsp3) is 0.800. The SMILES string of the molecule is C=CCNC(=O)C(=O)C(CC(C)C)NC.CC.CC(C)(C)C(NC(=O)NC1(C2CCCS2(O)O)CCCCC1)C(=O)N1CCC[C@H]1C=O. The van der Waals surface area contributed by atoms with Gasteiger partial charge in [-0.15, -0.1) is 6.58 Å². The molecule has 12 nitrogen and oxygen atoms in total. The van der Waals surface area contributed by atoms with Gasteiger partial charge in [-0.05, 0) is 63.3 Å². The van der Waals surface area contributed by atoms with Crippen LogP contribution in [-0.4, -0.2) is 98.7 Å². The molecule has 1 saturated carbocycles. The molecule has 4 atom stereocenters. The van der Waals surface area contributed by atoms with Gasteiger partial charge >= 0.3 is 6.03 Å². The topological polar surface area (TPSA) is 177 Å². The molecule has 0 aromatic heterocycles. The number of urea groups is 1. The molecule has 0 spiro atoms. The van der Waals surface area contributed by atoms with Gasteiger partial charge in [0.1, 0.15) is 12.3 Å². The fourth-order valence-electron chi connectivity index (χ4n) is 6.81. The van der Waals surface area contributed by atoms with Crippen molar-refractivity contribution in [3.63, 3.8) is 0 Å². The number of aldehydes is 1. The van der Waals surface area contributed by atoms with E-state index in [1.54, 1.807) is 18.0 Å². The normalized spacial score (nSPS) is 23.2. The Balaban J connectivity index is 0.000000573. The van der Waals surface area contributed by atoms with Crippen molar-refractivity contribution in [2.45, 2.75) is 142 Å². The predicted octanol–water partition coefficient (Wildman–Crippen LogP) is 5.02. The zero-order chi connectivity index (χ0) is 36.7. The Labute approximate surface area is 290 Å². The summed E-state index contributed by atoms with van der Waals surface area (Å²) in [5.41, 5.74) is -1.19. The van der Waals surface area contributed by atoms with Crippen LogP contribution in [0.2, 0.25) is 0 Å². The van der Waals surface area contributed by atoms with Gasteiger partial charge in [-0.2, -0.15) is 10.6 Å². The molecule has 48 heavy (non-hydrogen) atoms. The molecule has 3 unspecified atom stereocenters. The summed E-state index contributed by atoms with van der Waals surface area (Å²) >= 11 is 0. The van der Waals surface area contributed by atoms with E-state index >= 15 is 0 Å². The lowest BCUT2D eigenvalue weighted by Gasteiger charge is -2.49. The standard InChI is InChI=1S/C22H39N3O5S.C11H20N2O2.C2H6/c1-21(2,3)18(19(27)25-13-7-9-16(25)15-26)23-20(28)24-22(11-5-4-6-12-22)17-10-8-14-31(17,29)30;1-5-6-13-11(15)10(14)9(12-4)7-8(2)3;1-2/h15-18,29-30H,4-14H2,1-3H3,(H2,23,24,28);5,8-9,12H,1,6-7H2,2-4H3,(H,13,15);1-2H3/t16-,17?,18?;;/m0../s1. The highest BCUT2D eigenvalue weighted by molar-refractivity contribution is 8.25. The highest BCUT2D eigenvalue weighted by atomic mass is 32.3. The molecule has 13 heteroatoms. The van der Waals surface area contributed by atoms with Gasteiger partial charge in [0.25, 0.3) is 5.91 Å². The van der Waals surface area contributed by atoms with Crippen molar-refractivity contribution in [2.24, 2.45) is 11.3 Å². The van der Waals surface area contributed by atoms with Crippen molar-refractivity contribution in [2.75, 3.05) is 25.9 Å². The zero-order valence-corrected chi connectivity index (χ0v) is 31.5. The molecule has 0 bridgehead atoms. The van der Waals surface area contributed by atoms with E-state index in [0.29, 0.717) is 56.9 Å². The second-order valence-electron chi connectivity index (χ2n) is 14.4. The first kappa shape index (κ1) is 43.5. The molecule has 3 aliphatic rings. The predicted molar refractivity (Wildman–Crippen MR) is 194 cm³/mol. The van der Waals surface area contributed by atoms with Crippen molar-refractivity contribution in [3.05, 3.63) is 12.7 Å². The van der Waals surface area contributed by atoms with E-state index in [9.17, 15) is 33.1 Å². The van der Waals surface area contributed by atoms with Crippen LogP contribution in [0.5, 0.6) is 0 Å². The molecule has 2 saturated heterocycles. The number of hydrogen-bond donors (Lipinski definition) is 6. The Bertz CT molecular complexity index is 1070. The number of rotatable bonds is 12. The first-order chi connectivity index (χ1) is 22.5.